The zero-order valence-corrected chi connectivity index (χ0v) is 13.6. The average molecular weight is 332 g/mol. The number of anilines is 2. The van der Waals surface area contributed by atoms with Gasteiger partial charge in [-0.25, -0.2) is 0 Å². The molecular weight excluding hydrogens is 314 g/mol. The maximum absolute atomic E-state index is 12.5. The van der Waals surface area contributed by atoms with Crippen molar-refractivity contribution < 1.29 is 9.53 Å². The second kappa shape index (κ2) is 6.98. The number of halogens is 1. The lowest BCUT2D eigenvalue weighted by Crippen LogP contribution is -2.41. The molecule has 1 aromatic heterocycles. The summed E-state index contributed by atoms with van der Waals surface area (Å²) in [6, 6.07) is 9.34. The lowest BCUT2D eigenvalue weighted by atomic mass is 10.2. The third-order valence-corrected chi connectivity index (χ3v) is 4.15. The molecule has 120 valence electrons. The number of pyridine rings is 1. The molecule has 1 N–H and O–H groups in total. The number of hydrogen-bond donors (Lipinski definition) is 1. The van der Waals surface area contributed by atoms with Gasteiger partial charge < -0.3 is 15.0 Å². The fourth-order valence-electron chi connectivity index (χ4n) is 2.39. The summed E-state index contributed by atoms with van der Waals surface area (Å²) in [4.78, 5) is 18.4. The predicted molar refractivity (Wildman–Crippen MR) is 90.4 cm³/mol. The monoisotopic (exact) mass is 331 g/mol. The molecule has 1 aromatic carbocycles. The van der Waals surface area contributed by atoms with E-state index < -0.39 is 0 Å². The Balaban J connectivity index is 1.76. The fraction of sp³-hybridized carbons (Fsp3) is 0.294. The van der Waals surface area contributed by atoms with Gasteiger partial charge in [0.25, 0.3) is 5.91 Å². The number of aryl methyl sites for hydroxylation is 1. The molecule has 3 rings (SSSR count). The summed E-state index contributed by atoms with van der Waals surface area (Å²) in [5, 5.41) is 3.95. The van der Waals surface area contributed by atoms with E-state index in [1.807, 2.05) is 31.2 Å². The molecule has 0 unspecified atom stereocenters. The molecule has 23 heavy (non-hydrogen) atoms. The van der Waals surface area contributed by atoms with E-state index in [1.54, 1.807) is 17.2 Å². The molecule has 1 aliphatic rings. The summed E-state index contributed by atoms with van der Waals surface area (Å²) in [6.45, 7) is 4.31. The summed E-state index contributed by atoms with van der Waals surface area (Å²) in [5.74, 6) is -0.0705. The second-order valence-electron chi connectivity index (χ2n) is 5.42. The van der Waals surface area contributed by atoms with Gasteiger partial charge in [-0.1, -0.05) is 17.7 Å². The van der Waals surface area contributed by atoms with Crippen LogP contribution in [0.5, 0.6) is 0 Å². The van der Waals surface area contributed by atoms with Gasteiger partial charge in [-0.05, 0) is 36.8 Å². The van der Waals surface area contributed by atoms with E-state index in [9.17, 15) is 4.79 Å². The van der Waals surface area contributed by atoms with Crippen LogP contribution in [0.15, 0.2) is 36.5 Å². The van der Waals surface area contributed by atoms with Crippen molar-refractivity contribution in [2.75, 3.05) is 31.6 Å². The zero-order chi connectivity index (χ0) is 16.2. The number of amides is 1. The Morgan fingerprint density at radius 3 is 2.70 bits per heavy atom. The highest BCUT2D eigenvalue weighted by Gasteiger charge is 2.19. The summed E-state index contributed by atoms with van der Waals surface area (Å²) >= 11 is 6.14. The van der Waals surface area contributed by atoms with E-state index in [-0.39, 0.29) is 5.91 Å². The molecule has 1 fully saturated rings. The van der Waals surface area contributed by atoms with Crippen LogP contribution in [0.4, 0.5) is 11.4 Å². The molecule has 0 spiro atoms. The molecule has 0 radical (unpaired) electrons. The van der Waals surface area contributed by atoms with Crippen molar-refractivity contribution in [3.05, 3.63) is 52.8 Å². The number of ether oxygens (including phenoxy) is 1. The molecule has 0 saturated carbocycles. The first-order valence-corrected chi connectivity index (χ1v) is 7.87. The van der Waals surface area contributed by atoms with Gasteiger partial charge in [-0.2, -0.15) is 0 Å². The lowest BCUT2D eigenvalue weighted by molar-refractivity contribution is 0.0299. The standard InChI is InChI=1S/C17H18ClN3O2/c1-12-2-3-13(10-15(12)18)20-14-4-5-19-16(11-14)17(22)21-6-8-23-9-7-21/h2-5,10-11H,6-9H2,1H3,(H,19,20). The Morgan fingerprint density at radius 1 is 1.22 bits per heavy atom. The minimum atomic E-state index is -0.0705. The highest BCUT2D eigenvalue weighted by molar-refractivity contribution is 6.31. The van der Waals surface area contributed by atoms with Gasteiger partial charge >= 0.3 is 0 Å². The van der Waals surface area contributed by atoms with Crippen LogP contribution >= 0.6 is 11.6 Å². The normalized spacial score (nSPS) is 14.6. The highest BCUT2D eigenvalue weighted by Crippen LogP contribution is 2.23. The largest absolute Gasteiger partial charge is 0.378 e. The van der Waals surface area contributed by atoms with Gasteiger partial charge in [-0.3, -0.25) is 9.78 Å². The van der Waals surface area contributed by atoms with E-state index in [2.05, 4.69) is 10.3 Å². The summed E-state index contributed by atoms with van der Waals surface area (Å²) in [5.41, 5.74) is 3.12. The van der Waals surface area contributed by atoms with E-state index in [4.69, 9.17) is 16.3 Å². The number of carbonyl (C=O) groups excluding carboxylic acids is 1. The van der Waals surface area contributed by atoms with Crippen molar-refractivity contribution in [2.45, 2.75) is 6.92 Å². The number of carbonyl (C=O) groups is 1. The molecule has 6 heteroatoms. The molecular formula is C17H18ClN3O2. The molecule has 2 heterocycles. The third-order valence-electron chi connectivity index (χ3n) is 3.74. The van der Waals surface area contributed by atoms with E-state index in [1.165, 1.54) is 0 Å². The molecule has 1 saturated heterocycles. The highest BCUT2D eigenvalue weighted by atomic mass is 35.5. The van der Waals surface area contributed by atoms with E-state index >= 15 is 0 Å². The lowest BCUT2D eigenvalue weighted by Gasteiger charge is -2.26. The van der Waals surface area contributed by atoms with Gasteiger partial charge in [0.2, 0.25) is 0 Å². The first kappa shape index (κ1) is 15.8. The first-order chi connectivity index (χ1) is 11.1. The van der Waals surface area contributed by atoms with Crippen molar-refractivity contribution in [3.63, 3.8) is 0 Å². The smallest absolute Gasteiger partial charge is 0.272 e. The summed E-state index contributed by atoms with van der Waals surface area (Å²) in [7, 11) is 0. The van der Waals surface area contributed by atoms with Gasteiger partial charge in [0.1, 0.15) is 5.69 Å². The Labute approximate surface area is 140 Å². The Morgan fingerprint density at radius 2 is 1.96 bits per heavy atom. The van der Waals surface area contributed by atoms with E-state index in [0.717, 1.165) is 16.9 Å². The fourth-order valence-corrected chi connectivity index (χ4v) is 2.57. The SMILES string of the molecule is Cc1ccc(Nc2ccnc(C(=O)N3CCOCC3)c2)cc1Cl. The van der Waals surface area contributed by atoms with Crippen LogP contribution in [0, 0.1) is 6.92 Å². The summed E-state index contributed by atoms with van der Waals surface area (Å²) < 4.78 is 5.27. The van der Waals surface area contributed by atoms with Crippen LogP contribution in [0.2, 0.25) is 5.02 Å². The number of benzene rings is 1. The van der Waals surface area contributed by atoms with Crippen LogP contribution in [0.25, 0.3) is 0 Å². The molecule has 1 amide bonds. The van der Waals surface area contributed by atoms with Gasteiger partial charge in [0.05, 0.1) is 13.2 Å². The Hall–Kier alpha value is -2.11. The molecule has 0 aliphatic carbocycles. The molecule has 2 aromatic rings. The minimum absolute atomic E-state index is 0.0705. The van der Waals surface area contributed by atoms with Crippen LogP contribution < -0.4 is 5.32 Å². The van der Waals surface area contributed by atoms with Gasteiger partial charge in [-0.15, -0.1) is 0 Å². The number of morpholine rings is 1. The van der Waals surface area contributed by atoms with Crippen LogP contribution in [0.1, 0.15) is 16.1 Å². The molecule has 1 aliphatic heterocycles. The van der Waals surface area contributed by atoms with Crippen molar-refractivity contribution in [1.82, 2.24) is 9.88 Å². The topological polar surface area (TPSA) is 54.5 Å². The predicted octanol–water partition coefficient (Wildman–Crippen LogP) is 3.26. The Bertz CT molecular complexity index is 715. The van der Waals surface area contributed by atoms with Gasteiger partial charge in [0.15, 0.2) is 0 Å². The molecule has 5 nitrogen and oxygen atoms in total. The van der Waals surface area contributed by atoms with E-state index in [0.29, 0.717) is 37.0 Å². The van der Waals surface area contributed by atoms with Crippen LogP contribution in [0.3, 0.4) is 0 Å². The second-order valence-corrected chi connectivity index (χ2v) is 5.83. The van der Waals surface area contributed by atoms with Crippen LogP contribution in [-0.2, 0) is 4.74 Å². The third kappa shape index (κ3) is 3.81. The number of nitrogens with zero attached hydrogens (tertiary/aromatic N) is 2. The van der Waals surface area contributed by atoms with Crippen molar-refractivity contribution in [1.29, 1.82) is 0 Å². The molecule has 0 atom stereocenters. The van der Waals surface area contributed by atoms with Crippen molar-refractivity contribution >= 4 is 28.9 Å². The number of rotatable bonds is 3. The summed E-state index contributed by atoms with van der Waals surface area (Å²) in [6.07, 6.45) is 1.63. The number of aromatic nitrogens is 1. The minimum Gasteiger partial charge on any atom is -0.378 e. The number of hydrogen-bond acceptors (Lipinski definition) is 4. The first-order valence-electron chi connectivity index (χ1n) is 7.50. The van der Waals surface area contributed by atoms with Crippen molar-refractivity contribution in [3.8, 4) is 0 Å². The maximum Gasteiger partial charge on any atom is 0.272 e. The quantitative estimate of drug-likeness (QED) is 0.938. The number of nitrogens with one attached hydrogen (secondary N) is 1. The van der Waals surface area contributed by atoms with Gasteiger partial charge in [0, 0.05) is 35.7 Å². The van der Waals surface area contributed by atoms with Crippen LogP contribution in [-0.4, -0.2) is 42.1 Å². The average Bonchev–Trinajstić information content (AvgIpc) is 2.58. The zero-order valence-electron chi connectivity index (χ0n) is 12.9. The van der Waals surface area contributed by atoms with Crippen molar-refractivity contribution in [2.24, 2.45) is 0 Å². The molecule has 0 bridgehead atoms. The maximum atomic E-state index is 12.5. The Kier molecular flexibility index (Phi) is 4.79.